The van der Waals surface area contributed by atoms with Gasteiger partial charge in [0.2, 0.25) is 10.0 Å². The van der Waals surface area contributed by atoms with E-state index < -0.39 is 15.8 Å². The highest BCUT2D eigenvalue weighted by Crippen LogP contribution is 2.27. The number of ether oxygens (including phenoxy) is 1. The van der Waals surface area contributed by atoms with Crippen molar-refractivity contribution in [3.8, 4) is 5.75 Å². The molecule has 0 bridgehead atoms. The Balaban J connectivity index is 1.39. The lowest BCUT2D eigenvalue weighted by Gasteiger charge is -2.28. The van der Waals surface area contributed by atoms with Gasteiger partial charge in [-0.15, -0.1) is 0 Å². The van der Waals surface area contributed by atoms with Crippen molar-refractivity contribution in [1.29, 1.82) is 0 Å². The summed E-state index contributed by atoms with van der Waals surface area (Å²) in [4.78, 5) is 12.4. The molecule has 8 heteroatoms. The number of anilines is 1. The topological polar surface area (TPSA) is 75.7 Å². The highest BCUT2D eigenvalue weighted by atomic mass is 32.2. The third-order valence-electron chi connectivity index (χ3n) is 5.84. The molecule has 1 N–H and O–H groups in total. The lowest BCUT2D eigenvalue weighted by molar-refractivity contribution is -0.118. The van der Waals surface area contributed by atoms with Crippen molar-refractivity contribution in [2.75, 3.05) is 18.5 Å². The SMILES string of the molecule is CC(C)c1ccc(OCC(=O)Nc2ccc3c(c2)CN(S(=O)(=O)c2ccc(F)cc2)CC3)cc1. The molecular formula is C26H27FN2O4S. The van der Waals surface area contributed by atoms with Crippen LogP contribution in [0.4, 0.5) is 10.1 Å². The minimum atomic E-state index is -3.75. The van der Waals surface area contributed by atoms with E-state index in [-0.39, 0.29) is 24.0 Å². The summed E-state index contributed by atoms with van der Waals surface area (Å²) >= 11 is 0. The van der Waals surface area contributed by atoms with Gasteiger partial charge in [0.1, 0.15) is 11.6 Å². The number of amides is 1. The van der Waals surface area contributed by atoms with Gasteiger partial charge in [-0.05, 0) is 77.6 Å². The summed E-state index contributed by atoms with van der Waals surface area (Å²) in [7, 11) is -3.75. The predicted octanol–water partition coefficient (Wildman–Crippen LogP) is 4.71. The summed E-state index contributed by atoms with van der Waals surface area (Å²) in [6, 6.07) is 18.0. The molecule has 0 atom stereocenters. The Morgan fingerprint density at radius 3 is 2.41 bits per heavy atom. The number of sulfonamides is 1. The van der Waals surface area contributed by atoms with E-state index in [1.807, 2.05) is 30.3 Å². The van der Waals surface area contributed by atoms with Crippen LogP contribution >= 0.6 is 0 Å². The molecule has 178 valence electrons. The molecule has 0 fully saturated rings. The standard InChI is InChI=1S/C26H27FN2O4S/c1-18(2)19-4-9-24(10-5-19)33-17-26(30)28-23-8-3-20-13-14-29(16-21(20)15-23)34(31,32)25-11-6-22(27)7-12-25/h3-12,15,18H,13-14,16-17H2,1-2H3,(H,28,30). The van der Waals surface area contributed by atoms with E-state index in [0.29, 0.717) is 30.3 Å². The van der Waals surface area contributed by atoms with E-state index in [2.05, 4.69) is 19.2 Å². The molecule has 0 saturated carbocycles. The smallest absolute Gasteiger partial charge is 0.262 e. The van der Waals surface area contributed by atoms with Gasteiger partial charge in [0, 0.05) is 18.8 Å². The van der Waals surface area contributed by atoms with E-state index in [1.165, 1.54) is 22.0 Å². The highest BCUT2D eigenvalue weighted by molar-refractivity contribution is 7.89. The number of halogens is 1. The van der Waals surface area contributed by atoms with Gasteiger partial charge in [-0.3, -0.25) is 4.79 Å². The second-order valence-corrected chi connectivity index (χ2v) is 10.5. The molecule has 4 rings (SSSR count). The Morgan fingerprint density at radius 1 is 1.03 bits per heavy atom. The maximum Gasteiger partial charge on any atom is 0.262 e. The van der Waals surface area contributed by atoms with Crippen LogP contribution in [-0.2, 0) is 27.8 Å². The van der Waals surface area contributed by atoms with Crippen LogP contribution in [-0.4, -0.2) is 31.8 Å². The number of hydrogen-bond acceptors (Lipinski definition) is 4. The number of fused-ring (bicyclic) bond motifs is 1. The summed E-state index contributed by atoms with van der Waals surface area (Å²) in [5.41, 5.74) is 3.62. The zero-order valence-corrected chi connectivity index (χ0v) is 19.9. The lowest BCUT2D eigenvalue weighted by atomic mass is 10.0. The molecule has 0 unspecified atom stereocenters. The van der Waals surface area contributed by atoms with Gasteiger partial charge in [-0.1, -0.05) is 32.0 Å². The number of hydrogen-bond donors (Lipinski definition) is 1. The molecule has 34 heavy (non-hydrogen) atoms. The monoisotopic (exact) mass is 482 g/mol. The van der Waals surface area contributed by atoms with Gasteiger partial charge in [-0.2, -0.15) is 4.31 Å². The normalized spacial score (nSPS) is 14.0. The molecule has 0 saturated heterocycles. The van der Waals surface area contributed by atoms with Gasteiger partial charge in [0.05, 0.1) is 4.90 Å². The quantitative estimate of drug-likeness (QED) is 0.529. The van der Waals surface area contributed by atoms with Crippen LogP contribution in [0.1, 0.15) is 36.5 Å². The summed E-state index contributed by atoms with van der Waals surface area (Å²) in [6.07, 6.45) is 0.555. The van der Waals surface area contributed by atoms with Crippen molar-refractivity contribution in [1.82, 2.24) is 4.31 Å². The van der Waals surface area contributed by atoms with E-state index in [0.717, 1.165) is 23.3 Å². The molecule has 0 radical (unpaired) electrons. The summed E-state index contributed by atoms with van der Waals surface area (Å²) in [5.74, 6) is 0.244. The van der Waals surface area contributed by atoms with E-state index in [4.69, 9.17) is 4.74 Å². The van der Waals surface area contributed by atoms with Crippen LogP contribution in [0.3, 0.4) is 0 Å². The first-order valence-corrected chi connectivity index (χ1v) is 12.6. The number of nitrogens with one attached hydrogen (secondary N) is 1. The van der Waals surface area contributed by atoms with E-state index >= 15 is 0 Å². The first kappa shape index (κ1) is 23.9. The fourth-order valence-corrected chi connectivity index (χ4v) is 5.28. The number of carbonyl (C=O) groups is 1. The van der Waals surface area contributed by atoms with Crippen LogP contribution in [0.15, 0.2) is 71.6 Å². The molecule has 6 nitrogen and oxygen atoms in total. The van der Waals surface area contributed by atoms with Gasteiger partial charge < -0.3 is 10.1 Å². The zero-order valence-electron chi connectivity index (χ0n) is 19.1. The van der Waals surface area contributed by atoms with Crippen LogP contribution in [0.25, 0.3) is 0 Å². The zero-order chi connectivity index (χ0) is 24.3. The lowest BCUT2D eigenvalue weighted by Crippen LogP contribution is -2.36. The Bertz CT molecular complexity index is 1270. The van der Waals surface area contributed by atoms with Crippen LogP contribution in [0, 0.1) is 5.82 Å². The average Bonchev–Trinajstić information content (AvgIpc) is 2.83. The van der Waals surface area contributed by atoms with Gasteiger partial charge in [0.25, 0.3) is 5.91 Å². The minimum absolute atomic E-state index is 0.0559. The second kappa shape index (κ2) is 9.95. The van der Waals surface area contributed by atoms with Crippen molar-refractivity contribution >= 4 is 21.6 Å². The first-order chi connectivity index (χ1) is 16.2. The van der Waals surface area contributed by atoms with Crippen molar-refractivity contribution < 1.29 is 22.3 Å². The van der Waals surface area contributed by atoms with Crippen molar-refractivity contribution in [2.24, 2.45) is 0 Å². The fraction of sp³-hybridized carbons (Fsp3) is 0.269. The summed E-state index contributed by atoms with van der Waals surface area (Å²) < 4.78 is 46.1. The predicted molar refractivity (Wildman–Crippen MR) is 129 cm³/mol. The number of carbonyl (C=O) groups excluding carboxylic acids is 1. The molecule has 1 amide bonds. The van der Waals surface area contributed by atoms with E-state index in [9.17, 15) is 17.6 Å². The molecule has 1 heterocycles. The Kier molecular flexibility index (Phi) is 7.00. The van der Waals surface area contributed by atoms with Crippen LogP contribution in [0.5, 0.6) is 5.75 Å². The van der Waals surface area contributed by atoms with Gasteiger partial charge in [-0.25, -0.2) is 12.8 Å². The van der Waals surface area contributed by atoms with Crippen molar-refractivity contribution in [2.45, 2.75) is 37.6 Å². The summed E-state index contributed by atoms with van der Waals surface area (Å²) in [5, 5.41) is 2.81. The Labute approximate surface area is 199 Å². The molecule has 0 aromatic heterocycles. The fourth-order valence-electron chi connectivity index (χ4n) is 3.86. The number of rotatable bonds is 7. The molecule has 1 aliphatic rings. The van der Waals surface area contributed by atoms with Gasteiger partial charge in [0.15, 0.2) is 6.61 Å². The van der Waals surface area contributed by atoms with Gasteiger partial charge >= 0.3 is 0 Å². The summed E-state index contributed by atoms with van der Waals surface area (Å²) in [6.45, 7) is 4.60. The molecular weight excluding hydrogens is 455 g/mol. The molecule has 3 aromatic rings. The molecule has 0 spiro atoms. The largest absolute Gasteiger partial charge is 0.484 e. The third-order valence-corrected chi connectivity index (χ3v) is 7.69. The maximum absolute atomic E-state index is 13.2. The highest BCUT2D eigenvalue weighted by Gasteiger charge is 2.28. The van der Waals surface area contributed by atoms with Crippen LogP contribution in [0.2, 0.25) is 0 Å². The second-order valence-electron chi connectivity index (χ2n) is 8.59. The third kappa shape index (κ3) is 5.46. The Hall–Kier alpha value is -3.23. The Morgan fingerprint density at radius 2 is 1.74 bits per heavy atom. The molecule has 0 aliphatic carbocycles. The van der Waals surface area contributed by atoms with Crippen molar-refractivity contribution in [3.05, 3.63) is 89.2 Å². The van der Waals surface area contributed by atoms with E-state index in [1.54, 1.807) is 12.1 Å². The number of nitrogens with zero attached hydrogens (tertiary/aromatic N) is 1. The first-order valence-electron chi connectivity index (χ1n) is 11.1. The molecule has 3 aromatic carbocycles. The number of benzene rings is 3. The van der Waals surface area contributed by atoms with Crippen molar-refractivity contribution in [3.63, 3.8) is 0 Å². The molecule has 1 aliphatic heterocycles. The minimum Gasteiger partial charge on any atom is -0.484 e. The maximum atomic E-state index is 13.2. The average molecular weight is 483 g/mol. The van der Waals surface area contributed by atoms with Crippen LogP contribution < -0.4 is 10.1 Å².